The number of carboxylic acid groups (broad SMARTS) is 1. The molecule has 0 fully saturated rings. The fourth-order valence-corrected chi connectivity index (χ4v) is 0.753. The molecule has 0 atom stereocenters. The molecule has 0 aliphatic heterocycles. The Labute approximate surface area is 80.5 Å². The summed E-state index contributed by atoms with van der Waals surface area (Å²) in [6, 6.07) is 0. The molecule has 2 N–H and O–H groups in total. The minimum atomic E-state index is -5.08. The zero-order valence-corrected chi connectivity index (χ0v) is 6.96. The van der Waals surface area contributed by atoms with Crippen molar-refractivity contribution in [2.75, 3.05) is 5.32 Å². The molecule has 5 nitrogen and oxygen atoms in total. The lowest BCUT2D eigenvalue weighted by Crippen LogP contribution is -2.30. The van der Waals surface area contributed by atoms with Crippen molar-refractivity contribution in [2.45, 2.75) is 6.18 Å². The topological polar surface area (TPSA) is 79.5 Å². The summed E-state index contributed by atoms with van der Waals surface area (Å²) >= 11 is 0. The lowest BCUT2D eigenvalue weighted by atomic mass is 10.3. The van der Waals surface area contributed by atoms with Crippen molar-refractivity contribution in [2.24, 2.45) is 0 Å². The zero-order chi connectivity index (χ0) is 11.6. The highest BCUT2D eigenvalue weighted by Gasteiger charge is 2.39. The Hall–Kier alpha value is -1.99. The van der Waals surface area contributed by atoms with Gasteiger partial charge in [-0.15, -0.1) is 0 Å². The van der Waals surface area contributed by atoms with Crippen molar-refractivity contribution in [3.8, 4) is 0 Å². The van der Waals surface area contributed by atoms with E-state index in [1.807, 2.05) is 0 Å². The highest BCUT2D eigenvalue weighted by molar-refractivity contribution is 6.01. The molecule has 82 valence electrons. The average molecular weight is 223 g/mol. The molecule has 0 unspecified atom stereocenters. The van der Waals surface area contributed by atoms with E-state index in [0.717, 1.165) is 0 Å². The molecule has 0 radical (unpaired) electrons. The van der Waals surface area contributed by atoms with E-state index in [0.29, 0.717) is 12.5 Å². The van der Waals surface area contributed by atoms with Crippen LogP contribution in [0.25, 0.3) is 0 Å². The Morgan fingerprint density at radius 1 is 1.33 bits per heavy atom. The van der Waals surface area contributed by atoms with Gasteiger partial charge in [-0.3, -0.25) is 4.79 Å². The number of hydrogen-bond acceptors (Lipinski definition) is 3. The summed E-state index contributed by atoms with van der Waals surface area (Å²) in [4.78, 5) is 20.9. The fourth-order valence-electron chi connectivity index (χ4n) is 0.753. The molecule has 0 spiro atoms. The minimum absolute atomic E-state index is 0.537. The van der Waals surface area contributed by atoms with E-state index in [2.05, 4.69) is 4.42 Å². The van der Waals surface area contributed by atoms with Crippen molar-refractivity contribution >= 4 is 17.6 Å². The molecule has 0 aromatic carbocycles. The van der Waals surface area contributed by atoms with Gasteiger partial charge >= 0.3 is 18.1 Å². The summed E-state index contributed by atoms with van der Waals surface area (Å²) in [5.74, 6) is -3.76. The van der Waals surface area contributed by atoms with Crippen molar-refractivity contribution in [3.63, 3.8) is 0 Å². The van der Waals surface area contributed by atoms with Crippen LogP contribution in [0.1, 0.15) is 10.4 Å². The molecular weight excluding hydrogens is 219 g/mol. The Balaban J connectivity index is 2.86. The van der Waals surface area contributed by atoms with Crippen LogP contribution in [-0.2, 0) is 4.79 Å². The van der Waals surface area contributed by atoms with Gasteiger partial charge in [0.05, 0.1) is 5.69 Å². The van der Waals surface area contributed by atoms with Gasteiger partial charge in [-0.2, -0.15) is 13.2 Å². The van der Waals surface area contributed by atoms with Gasteiger partial charge < -0.3 is 14.8 Å². The van der Waals surface area contributed by atoms with Crippen LogP contribution in [0, 0.1) is 0 Å². The first kappa shape index (κ1) is 11.1. The summed E-state index contributed by atoms with van der Waals surface area (Å²) < 4.78 is 39.7. The third-order valence-electron chi connectivity index (χ3n) is 1.40. The number of rotatable bonds is 2. The molecule has 1 amide bonds. The smallest absolute Gasteiger partial charge is 0.471 e. The predicted octanol–water partition coefficient (Wildman–Crippen LogP) is 1.48. The normalized spacial score (nSPS) is 11.1. The molecule has 8 heteroatoms. The lowest BCUT2D eigenvalue weighted by molar-refractivity contribution is -0.167. The number of nitrogens with one attached hydrogen (secondary N) is 1. The van der Waals surface area contributed by atoms with Crippen LogP contribution in [0.4, 0.5) is 18.9 Å². The number of carbonyl (C=O) groups is 2. The second-order valence-electron chi connectivity index (χ2n) is 2.46. The highest BCUT2D eigenvalue weighted by Crippen LogP contribution is 2.21. The molecule has 1 rings (SSSR count). The first-order chi connectivity index (χ1) is 6.82. The van der Waals surface area contributed by atoms with E-state index in [1.54, 1.807) is 0 Å². The summed E-state index contributed by atoms with van der Waals surface area (Å²) in [5.41, 5.74) is -1.09. The van der Waals surface area contributed by atoms with E-state index >= 15 is 0 Å². The van der Waals surface area contributed by atoms with Gasteiger partial charge in [0.2, 0.25) is 0 Å². The monoisotopic (exact) mass is 223 g/mol. The van der Waals surface area contributed by atoms with Crippen LogP contribution in [0.3, 0.4) is 0 Å². The molecule has 0 bridgehead atoms. The van der Waals surface area contributed by atoms with Crippen LogP contribution in [-0.4, -0.2) is 23.2 Å². The van der Waals surface area contributed by atoms with Crippen LogP contribution in [0.15, 0.2) is 16.9 Å². The highest BCUT2D eigenvalue weighted by atomic mass is 19.4. The van der Waals surface area contributed by atoms with Gasteiger partial charge in [0, 0.05) is 0 Å². The maximum atomic E-state index is 11.8. The molecule has 1 aromatic heterocycles. The largest absolute Gasteiger partial charge is 0.477 e. The first-order valence-electron chi connectivity index (χ1n) is 3.50. The molecule has 1 heterocycles. The van der Waals surface area contributed by atoms with Gasteiger partial charge in [-0.05, 0) is 0 Å². The molecule has 1 aromatic rings. The van der Waals surface area contributed by atoms with Gasteiger partial charge in [0.15, 0.2) is 0 Å². The molecule has 0 saturated carbocycles. The second kappa shape index (κ2) is 3.64. The third kappa shape index (κ3) is 2.48. The number of aromatic carboxylic acids is 1. The number of furan rings is 1. The Morgan fingerprint density at radius 3 is 2.40 bits per heavy atom. The minimum Gasteiger partial charge on any atom is -0.477 e. The van der Waals surface area contributed by atoms with E-state index in [-0.39, 0.29) is 0 Å². The number of alkyl halides is 3. The van der Waals surface area contributed by atoms with Crippen molar-refractivity contribution in [1.29, 1.82) is 0 Å². The van der Waals surface area contributed by atoms with Crippen molar-refractivity contribution in [3.05, 3.63) is 18.1 Å². The quantitative estimate of drug-likeness (QED) is 0.795. The fraction of sp³-hybridized carbons (Fsp3) is 0.143. The average Bonchev–Trinajstić information content (AvgIpc) is 2.50. The number of carboxylic acids is 1. The third-order valence-corrected chi connectivity index (χ3v) is 1.40. The van der Waals surface area contributed by atoms with Gasteiger partial charge in [0.25, 0.3) is 0 Å². The Bertz CT molecular complexity index is 395. The maximum Gasteiger partial charge on any atom is 0.471 e. The SMILES string of the molecule is O=C(O)c1cocc1NC(=O)C(F)(F)F. The number of carbonyl (C=O) groups excluding carboxylic acids is 1. The Kier molecular flexibility index (Phi) is 2.69. The molecule has 0 aliphatic carbocycles. The van der Waals surface area contributed by atoms with E-state index in [9.17, 15) is 22.8 Å². The number of hydrogen-bond donors (Lipinski definition) is 2. The van der Waals surface area contributed by atoms with Crippen LogP contribution in [0.5, 0.6) is 0 Å². The van der Waals surface area contributed by atoms with E-state index < -0.39 is 29.3 Å². The predicted molar refractivity (Wildman–Crippen MR) is 40.4 cm³/mol. The van der Waals surface area contributed by atoms with Gasteiger partial charge in [0.1, 0.15) is 18.1 Å². The summed E-state index contributed by atoms with van der Waals surface area (Å²) in [7, 11) is 0. The lowest BCUT2D eigenvalue weighted by Gasteiger charge is -2.05. The zero-order valence-electron chi connectivity index (χ0n) is 6.96. The number of amides is 1. The van der Waals surface area contributed by atoms with E-state index in [4.69, 9.17) is 5.11 Å². The van der Waals surface area contributed by atoms with Crippen LogP contribution >= 0.6 is 0 Å². The summed E-state index contributed by atoms with van der Waals surface area (Å²) in [6.07, 6.45) is -3.66. The second-order valence-corrected chi connectivity index (χ2v) is 2.46. The van der Waals surface area contributed by atoms with Crippen molar-refractivity contribution in [1.82, 2.24) is 0 Å². The van der Waals surface area contributed by atoms with Crippen molar-refractivity contribution < 1.29 is 32.3 Å². The Morgan fingerprint density at radius 2 is 1.93 bits per heavy atom. The van der Waals surface area contributed by atoms with Crippen LogP contribution in [0.2, 0.25) is 0 Å². The number of anilines is 1. The van der Waals surface area contributed by atoms with Gasteiger partial charge in [-0.25, -0.2) is 4.79 Å². The standard InChI is InChI=1S/C7H4F3NO4/c8-7(9,10)6(14)11-4-2-15-1-3(4)5(12)13/h1-2H,(H,11,14)(H,12,13). The molecule has 0 saturated heterocycles. The van der Waals surface area contributed by atoms with Crippen LogP contribution < -0.4 is 5.32 Å². The maximum absolute atomic E-state index is 11.8. The summed E-state index contributed by atoms with van der Waals surface area (Å²) in [5, 5.41) is 9.85. The summed E-state index contributed by atoms with van der Waals surface area (Å²) in [6.45, 7) is 0. The van der Waals surface area contributed by atoms with Gasteiger partial charge in [-0.1, -0.05) is 0 Å². The molecule has 0 aliphatic rings. The molecular formula is C7H4F3NO4. The first-order valence-corrected chi connectivity index (χ1v) is 3.50. The molecule has 15 heavy (non-hydrogen) atoms. The van der Waals surface area contributed by atoms with E-state index in [1.165, 1.54) is 5.32 Å². The number of halogens is 3.